The summed E-state index contributed by atoms with van der Waals surface area (Å²) in [5, 5.41) is 0. The average molecular weight is 204 g/mol. The van der Waals surface area contributed by atoms with Gasteiger partial charge in [-0.15, -0.1) is 6.58 Å². The van der Waals surface area contributed by atoms with Crippen molar-refractivity contribution in [1.82, 2.24) is 0 Å². The molecule has 0 spiro atoms. The van der Waals surface area contributed by atoms with Crippen molar-refractivity contribution < 1.29 is 17.6 Å². The largest absolute Gasteiger partial charge is 0.456 e. The van der Waals surface area contributed by atoms with E-state index in [1.54, 1.807) is 6.08 Å². The van der Waals surface area contributed by atoms with Gasteiger partial charge in [-0.1, -0.05) is 13.0 Å². The van der Waals surface area contributed by atoms with Crippen molar-refractivity contribution in [3.63, 3.8) is 0 Å². The number of hydrogen-bond donors (Lipinski definition) is 0. The number of furan rings is 1. The quantitative estimate of drug-likeness (QED) is 0.679. The maximum atomic E-state index is 12.2. The lowest BCUT2D eigenvalue weighted by atomic mass is 10.0. The topological polar surface area (TPSA) is 13.1 Å². The summed E-state index contributed by atoms with van der Waals surface area (Å²) < 4.78 is 41.2. The normalized spacial score (nSPS) is 14.0. The monoisotopic (exact) mass is 204 g/mol. The predicted octanol–water partition coefficient (Wildman–Crippen LogP) is 3.98. The van der Waals surface area contributed by atoms with Crippen molar-refractivity contribution in [2.24, 2.45) is 0 Å². The van der Waals surface area contributed by atoms with Crippen molar-refractivity contribution in [3.05, 3.63) is 36.3 Å². The van der Waals surface area contributed by atoms with Crippen LogP contribution in [0.1, 0.15) is 30.8 Å². The highest BCUT2D eigenvalue weighted by Gasteiger charge is 2.35. The molecule has 0 aliphatic rings. The molecule has 0 amide bonds. The van der Waals surface area contributed by atoms with Crippen molar-refractivity contribution in [1.29, 1.82) is 0 Å². The molecule has 14 heavy (non-hydrogen) atoms. The van der Waals surface area contributed by atoms with E-state index in [0.717, 1.165) is 6.07 Å². The zero-order chi connectivity index (χ0) is 10.8. The van der Waals surface area contributed by atoms with Crippen molar-refractivity contribution in [2.75, 3.05) is 0 Å². The third-order valence-corrected chi connectivity index (χ3v) is 2.00. The number of alkyl halides is 3. The molecule has 0 bridgehead atoms. The Hall–Kier alpha value is -1.19. The molecular formula is C10H11F3O. The maximum Gasteiger partial charge on any atom is 0.449 e. The third-order valence-electron chi connectivity index (χ3n) is 2.00. The van der Waals surface area contributed by atoms with E-state index in [-0.39, 0.29) is 5.92 Å². The van der Waals surface area contributed by atoms with Crippen LogP contribution in [0.2, 0.25) is 0 Å². The number of rotatable bonds is 3. The van der Waals surface area contributed by atoms with Gasteiger partial charge in [-0.05, 0) is 18.6 Å². The first kappa shape index (κ1) is 10.9. The van der Waals surface area contributed by atoms with Crippen LogP contribution in [0.25, 0.3) is 0 Å². The third kappa shape index (κ3) is 2.19. The van der Waals surface area contributed by atoms with Crippen molar-refractivity contribution in [3.8, 4) is 0 Å². The highest BCUT2D eigenvalue weighted by Crippen LogP contribution is 2.33. The number of allylic oxidation sites excluding steroid dienone is 1. The van der Waals surface area contributed by atoms with Gasteiger partial charge in [-0.2, -0.15) is 13.2 Å². The first-order valence-corrected chi connectivity index (χ1v) is 4.28. The van der Waals surface area contributed by atoms with Gasteiger partial charge in [0.15, 0.2) is 0 Å². The van der Waals surface area contributed by atoms with Crippen LogP contribution in [0.4, 0.5) is 13.2 Å². The molecule has 1 heterocycles. The molecule has 1 aromatic rings. The van der Waals surface area contributed by atoms with E-state index in [1.165, 1.54) is 6.07 Å². The maximum absolute atomic E-state index is 12.2. The van der Waals surface area contributed by atoms with Gasteiger partial charge in [0.2, 0.25) is 5.76 Å². The second kappa shape index (κ2) is 3.90. The van der Waals surface area contributed by atoms with Gasteiger partial charge >= 0.3 is 6.18 Å². The molecule has 0 radical (unpaired) electrons. The molecule has 0 saturated carbocycles. The second-order valence-electron chi connectivity index (χ2n) is 2.95. The Kier molecular flexibility index (Phi) is 3.03. The standard InChI is InChI=1S/C10H11F3O/c1-3-7(4-2)8-5-6-9(14-8)10(11,12)13/h3,5-7H,1,4H2,2H3. The lowest BCUT2D eigenvalue weighted by Gasteiger charge is -2.06. The van der Waals surface area contributed by atoms with Crippen LogP contribution in [-0.2, 0) is 6.18 Å². The lowest BCUT2D eigenvalue weighted by Crippen LogP contribution is -2.02. The molecular weight excluding hydrogens is 193 g/mol. The fourth-order valence-electron chi connectivity index (χ4n) is 1.19. The molecule has 1 unspecified atom stereocenters. The van der Waals surface area contributed by atoms with E-state index in [1.807, 2.05) is 6.92 Å². The molecule has 1 rings (SSSR count). The first-order chi connectivity index (χ1) is 6.49. The summed E-state index contributed by atoms with van der Waals surface area (Å²) in [4.78, 5) is 0. The lowest BCUT2D eigenvalue weighted by molar-refractivity contribution is -0.153. The zero-order valence-electron chi connectivity index (χ0n) is 7.77. The summed E-state index contributed by atoms with van der Waals surface area (Å²) >= 11 is 0. The Bertz CT molecular complexity index is 311. The minimum absolute atomic E-state index is 0.147. The SMILES string of the molecule is C=CC(CC)c1ccc(C(F)(F)F)o1. The minimum Gasteiger partial charge on any atom is -0.456 e. The summed E-state index contributed by atoms with van der Waals surface area (Å²) in [6.07, 6.45) is -2.15. The highest BCUT2D eigenvalue weighted by atomic mass is 19.4. The summed E-state index contributed by atoms with van der Waals surface area (Å²) in [6.45, 7) is 5.40. The van der Waals surface area contributed by atoms with E-state index >= 15 is 0 Å². The molecule has 0 N–H and O–H groups in total. The van der Waals surface area contributed by atoms with Crippen LogP contribution >= 0.6 is 0 Å². The molecule has 0 aliphatic carbocycles. The summed E-state index contributed by atoms with van der Waals surface area (Å²) in [5.74, 6) is -0.784. The number of hydrogen-bond acceptors (Lipinski definition) is 1. The highest BCUT2D eigenvalue weighted by molar-refractivity contribution is 5.16. The van der Waals surface area contributed by atoms with E-state index in [4.69, 9.17) is 4.42 Å². The van der Waals surface area contributed by atoms with Crippen LogP contribution in [0, 0.1) is 0 Å². The molecule has 0 aromatic carbocycles. The fourth-order valence-corrected chi connectivity index (χ4v) is 1.19. The molecule has 0 fully saturated rings. The summed E-state index contributed by atoms with van der Waals surface area (Å²) in [7, 11) is 0. The van der Waals surface area contributed by atoms with Crippen LogP contribution in [-0.4, -0.2) is 0 Å². The van der Waals surface area contributed by atoms with Gasteiger partial charge < -0.3 is 4.42 Å². The molecule has 1 atom stereocenters. The van der Waals surface area contributed by atoms with E-state index < -0.39 is 11.9 Å². The molecule has 0 aliphatic heterocycles. The predicted molar refractivity (Wildman–Crippen MR) is 46.9 cm³/mol. The smallest absolute Gasteiger partial charge is 0.449 e. The Morgan fingerprint density at radius 3 is 2.50 bits per heavy atom. The molecule has 0 saturated heterocycles. The Morgan fingerprint density at radius 1 is 1.50 bits per heavy atom. The van der Waals surface area contributed by atoms with Gasteiger partial charge in [0, 0.05) is 5.92 Å². The average Bonchev–Trinajstić information content (AvgIpc) is 2.54. The van der Waals surface area contributed by atoms with Crippen molar-refractivity contribution >= 4 is 0 Å². The van der Waals surface area contributed by atoms with Crippen LogP contribution < -0.4 is 0 Å². The number of halogens is 3. The van der Waals surface area contributed by atoms with Crippen LogP contribution in [0.3, 0.4) is 0 Å². The molecule has 4 heteroatoms. The zero-order valence-corrected chi connectivity index (χ0v) is 7.77. The molecule has 1 nitrogen and oxygen atoms in total. The van der Waals surface area contributed by atoms with Crippen LogP contribution in [0.5, 0.6) is 0 Å². The summed E-state index contributed by atoms with van der Waals surface area (Å²) in [6, 6.07) is 2.29. The molecule has 78 valence electrons. The van der Waals surface area contributed by atoms with Gasteiger partial charge in [-0.3, -0.25) is 0 Å². The van der Waals surface area contributed by atoms with E-state index in [9.17, 15) is 13.2 Å². The summed E-state index contributed by atoms with van der Waals surface area (Å²) in [5.41, 5.74) is 0. The first-order valence-electron chi connectivity index (χ1n) is 4.28. The molecule has 1 aromatic heterocycles. The van der Waals surface area contributed by atoms with Gasteiger partial charge in [0.25, 0.3) is 0 Å². The fraction of sp³-hybridized carbons (Fsp3) is 0.400. The minimum atomic E-state index is -4.41. The Labute approximate surface area is 80.2 Å². The van der Waals surface area contributed by atoms with Crippen molar-refractivity contribution in [2.45, 2.75) is 25.4 Å². The van der Waals surface area contributed by atoms with Crippen LogP contribution in [0.15, 0.2) is 29.2 Å². The van der Waals surface area contributed by atoms with Gasteiger partial charge in [-0.25, -0.2) is 0 Å². The Balaban J connectivity index is 2.93. The van der Waals surface area contributed by atoms with Gasteiger partial charge in [0.05, 0.1) is 0 Å². The second-order valence-corrected chi connectivity index (χ2v) is 2.95. The van der Waals surface area contributed by atoms with E-state index in [2.05, 4.69) is 6.58 Å². The Morgan fingerprint density at radius 2 is 2.14 bits per heavy atom. The van der Waals surface area contributed by atoms with Gasteiger partial charge in [0.1, 0.15) is 5.76 Å². The van der Waals surface area contributed by atoms with E-state index in [0.29, 0.717) is 12.2 Å².